The normalized spacial score (nSPS) is 12.6. The second-order valence-electron chi connectivity index (χ2n) is 4.14. The average Bonchev–Trinajstić information content (AvgIpc) is 2.92. The standard InChI is InChI=1S/C13H16BrN3O2S/c1-18-10(7-15)6-13-16-12(17-19-13)8-20-11-4-2-9(14)3-5-11/h2-5,10H,6-8,15H2,1H3. The molecule has 1 aromatic heterocycles. The number of halogens is 1. The van der Waals surface area contributed by atoms with Crippen molar-refractivity contribution in [2.75, 3.05) is 13.7 Å². The Hall–Kier alpha value is -0.890. The van der Waals surface area contributed by atoms with E-state index in [9.17, 15) is 0 Å². The second kappa shape index (κ2) is 7.78. The molecule has 2 rings (SSSR count). The number of hydrogen-bond donors (Lipinski definition) is 1. The van der Waals surface area contributed by atoms with Crippen molar-refractivity contribution in [3.63, 3.8) is 0 Å². The Labute approximate surface area is 130 Å². The molecular formula is C13H16BrN3O2S. The van der Waals surface area contributed by atoms with Crippen LogP contribution in [0.4, 0.5) is 0 Å². The van der Waals surface area contributed by atoms with Gasteiger partial charge < -0.3 is 15.0 Å². The Morgan fingerprint density at radius 1 is 1.40 bits per heavy atom. The highest BCUT2D eigenvalue weighted by Crippen LogP contribution is 2.23. The molecule has 0 bridgehead atoms. The van der Waals surface area contributed by atoms with Crippen LogP contribution in [-0.4, -0.2) is 29.9 Å². The van der Waals surface area contributed by atoms with Crippen molar-refractivity contribution < 1.29 is 9.26 Å². The number of nitrogens with two attached hydrogens (primary N) is 1. The maximum absolute atomic E-state index is 5.56. The van der Waals surface area contributed by atoms with E-state index in [4.69, 9.17) is 15.0 Å². The van der Waals surface area contributed by atoms with E-state index in [-0.39, 0.29) is 6.10 Å². The summed E-state index contributed by atoms with van der Waals surface area (Å²) in [5.74, 6) is 1.92. The van der Waals surface area contributed by atoms with Gasteiger partial charge in [0.2, 0.25) is 5.89 Å². The first-order valence-electron chi connectivity index (χ1n) is 6.14. The highest BCUT2D eigenvalue weighted by Gasteiger charge is 2.12. The van der Waals surface area contributed by atoms with Gasteiger partial charge in [0.05, 0.1) is 18.3 Å². The van der Waals surface area contributed by atoms with Gasteiger partial charge in [-0.25, -0.2) is 0 Å². The van der Waals surface area contributed by atoms with Gasteiger partial charge in [0.1, 0.15) is 0 Å². The second-order valence-corrected chi connectivity index (χ2v) is 6.11. The Morgan fingerprint density at radius 2 is 2.15 bits per heavy atom. The molecule has 0 saturated carbocycles. The van der Waals surface area contributed by atoms with E-state index < -0.39 is 0 Å². The number of ether oxygens (including phenoxy) is 1. The zero-order chi connectivity index (χ0) is 14.4. The van der Waals surface area contributed by atoms with E-state index in [0.29, 0.717) is 30.4 Å². The van der Waals surface area contributed by atoms with E-state index in [1.807, 2.05) is 24.3 Å². The molecule has 108 valence electrons. The number of methoxy groups -OCH3 is 1. The third-order valence-electron chi connectivity index (χ3n) is 2.69. The number of thioether (sulfide) groups is 1. The van der Waals surface area contributed by atoms with Crippen LogP contribution >= 0.6 is 27.7 Å². The molecule has 0 aliphatic heterocycles. The largest absolute Gasteiger partial charge is 0.380 e. The monoisotopic (exact) mass is 357 g/mol. The first-order chi connectivity index (χ1) is 9.71. The van der Waals surface area contributed by atoms with Gasteiger partial charge in [0.15, 0.2) is 5.82 Å². The van der Waals surface area contributed by atoms with Crippen molar-refractivity contribution in [3.8, 4) is 0 Å². The molecule has 0 amide bonds. The van der Waals surface area contributed by atoms with Gasteiger partial charge in [-0.1, -0.05) is 21.1 Å². The summed E-state index contributed by atoms with van der Waals surface area (Å²) in [5, 5.41) is 3.96. The van der Waals surface area contributed by atoms with Crippen LogP contribution in [-0.2, 0) is 16.9 Å². The zero-order valence-electron chi connectivity index (χ0n) is 11.1. The Balaban J connectivity index is 1.87. The fourth-order valence-corrected chi connectivity index (χ4v) is 2.57. The maximum atomic E-state index is 5.56. The quantitative estimate of drug-likeness (QED) is 0.767. The first kappa shape index (κ1) is 15.5. The molecule has 20 heavy (non-hydrogen) atoms. The maximum Gasteiger partial charge on any atom is 0.229 e. The Bertz CT molecular complexity index is 529. The molecule has 0 spiro atoms. The molecular weight excluding hydrogens is 342 g/mol. The molecule has 0 saturated heterocycles. The fourth-order valence-electron chi connectivity index (χ4n) is 1.57. The molecule has 5 nitrogen and oxygen atoms in total. The first-order valence-corrected chi connectivity index (χ1v) is 7.92. The molecule has 1 atom stereocenters. The van der Waals surface area contributed by atoms with Crippen molar-refractivity contribution in [1.29, 1.82) is 0 Å². The minimum atomic E-state index is -0.0811. The van der Waals surface area contributed by atoms with Crippen LogP contribution in [0, 0.1) is 0 Å². The number of rotatable bonds is 7. The van der Waals surface area contributed by atoms with Crippen molar-refractivity contribution in [1.82, 2.24) is 10.1 Å². The summed E-state index contributed by atoms with van der Waals surface area (Å²) < 4.78 is 11.4. The van der Waals surface area contributed by atoms with E-state index in [1.54, 1.807) is 18.9 Å². The summed E-state index contributed by atoms with van der Waals surface area (Å²) in [6.07, 6.45) is 0.464. The molecule has 0 aliphatic rings. The minimum absolute atomic E-state index is 0.0811. The van der Waals surface area contributed by atoms with Crippen LogP contribution in [0.2, 0.25) is 0 Å². The number of aromatic nitrogens is 2. The summed E-state index contributed by atoms with van der Waals surface area (Å²) in [7, 11) is 1.62. The lowest BCUT2D eigenvalue weighted by atomic mass is 10.2. The van der Waals surface area contributed by atoms with Crippen molar-refractivity contribution in [2.45, 2.75) is 23.2 Å². The van der Waals surface area contributed by atoms with Gasteiger partial charge in [-0.15, -0.1) is 11.8 Å². The predicted molar refractivity (Wildman–Crippen MR) is 81.6 cm³/mol. The SMILES string of the molecule is COC(CN)Cc1nc(CSc2ccc(Br)cc2)no1. The summed E-state index contributed by atoms with van der Waals surface area (Å²) >= 11 is 5.07. The third-order valence-corrected chi connectivity index (χ3v) is 4.23. The zero-order valence-corrected chi connectivity index (χ0v) is 13.5. The number of benzene rings is 1. The van der Waals surface area contributed by atoms with Crippen molar-refractivity contribution >= 4 is 27.7 Å². The van der Waals surface area contributed by atoms with Crippen molar-refractivity contribution in [2.24, 2.45) is 5.73 Å². The molecule has 1 aromatic carbocycles. The Kier molecular flexibility index (Phi) is 6.03. The fraction of sp³-hybridized carbons (Fsp3) is 0.385. The number of hydrogen-bond acceptors (Lipinski definition) is 6. The molecule has 0 aliphatic carbocycles. The van der Waals surface area contributed by atoms with Gasteiger partial charge in [-0.05, 0) is 24.3 Å². The van der Waals surface area contributed by atoms with Crippen LogP contribution in [0.15, 0.2) is 38.2 Å². The van der Waals surface area contributed by atoms with Crippen LogP contribution in [0.1, 0.15) is 11.7 Å². The highest BCUT2D eigenvalue weighted by atomic mass is 79.9. The molecule has 0 fully saturated rings. The summed E-state index contributed by atoms with van der Waals surface area (Å²) in [5.41, 5.74) is 5.56. The summed E-state index contributed by atoms with van der Waals surface area (Å²) in [6.45, 7) is 0.432. The molecule has 0 radical (unpaired) electrons. The van der Waals surface area contributed by atoms with Crippen LogP contribution < -0.4 is 5.73 Å². The highest BCUT2D eigenvalue weighted by molar-refractivity contribution is 9.10. The minimum Gasteiger partial charge on any atom is -0.380 e. The predicted octanol–water partition coefficient (Wildman–Crippen LogP) is 2.64. The third kappa shape index (κ3) is 4.59. The summed E-state index contributed by atoms with van der Waals surface area (Å²) in [4.78, 5) is 5.50. The van der Waals surface area contributed by atoms with Gasteiger partial charge in [0.25, 0.3) is 0 Å². The molecule has 1 unspecified atom stereocenters. The van der Waals surface area contributed by atoms with E-state index >= 15 is 0 Å². The lowest BCUT2D eigenvalue weighted by Gasteiger charge is -2.08. The topological polar surface area (TPSA) is 74.2 Å². The molecule has 7 heteroatoms. The lowest BCUT2D eigenvalue weighted by Crippen LogP contribution is -2.24. The van der Waals surface area contributed by atoms with E-state index in [2.05, 4.69) is 26.1 Å². The van der Waals surface area contributed by atoms with Crippen LogP contribution in [0.25, 0.3) is 0 Å². The van der Waals surface area contributed by atoms with E-state index in [1.165, 1.54) is 0 Å². The van der Waals surface area contributed by atoms with Gasteiger partial charge in [-0.2, -0.15) is 4.98 Å². The van der Waals surface area contributed by atoms with Crippen molar-refractivity contribution in [3.05, 3.63) is 40.5 Å². The molecule has 2 aromatic rings. The average molecular weight is 358 g/mol. The van der Waals surface area contributed by atoms with Gasteiger partial charge >= 0.3 is 0 Å². The lowest BCUT2D eigenvalue weighted by molar-refractivity contribution is 0.102. The molecule has 1 heterocycles. The van der Waals surface area contributed by atoms with Gasteiger partial charge in [-0.3, -0.25) is 0 Å². The smallest absolute Gasteiger partial charge is 0.229 e. The van der Waals surface area contributed by atoms with E-state index in [0.717, 1.165) is 9.37 Å². The van der Waals surface area contributed by atoms with Crippen LogP contribution in [0.3, 0.4) is 0 Å². The summed E-state index contributed by atoms with van der Waals surface area (Å²) in [6, 6.07) is 8.11. The Morgan fingerprint density at radius 3 is 2.80 bits per heavy atom. The van der Waals surface area contributed by atoms with Gasteiger partial charge in [0, 0.05) is 23.0 Å². The number of nitrogens with zero attached hydrogens (tertiary/aromatic N) is 2. The van der Waals surface area contributed by atoms with Crippen LogP contribution in [0.5, 0.6) is 0 Å². The molecule has 2 N–H and O–H groups in total.